The molecule has 3 unspecified atom stereocenters. The lowest BCUT2D eigenvalue weighted by atomic mass is 9.75. The standard InChI is InChI=1S/C30H44O4.3H2O/c1-4-30(31)34-21-5-20-33-29-18-12-25(13-19-29)8-14-27-15-9-26(22-23(27)2)7-6-24-10-16-28(32-3)17-11-24;;;/h4,23-29H,1,5,9-13,15-22H2,2-3H3;3*1H2. The number of ether oxygens (including phenoxy) is 3. The molecule has 3 saturated carbocycles. The summed E-state index contributed by atoms with van der Waals surface area (Å²) in [7, 11) is 1.83. The van der Waals surface area contributed by atoms with Crippen LogP contribution in [-0.2, 0) is 19.0 Å². The van der Waals surface area contributed by atoms with Crippen LogP contribution in [0.4, 0.5) is 0 Å². The Kier molecular flexibility index (Phi) is 18.3. The van der Waals surface area contributed by atoms with Gasteiger partial charge in [0.15, 0.2) is 0 Å². The monoisotopic (exact) mass is 522 g/mol. The van der Waals surface area contributed by atoms with Crippen LogP contribution in [-0.4, -0.2) is 54.9 Å². The van der Waals surface area contributed by atoms with E-state index in [-0.39, 0.29) is 22.4 Å². The van der Waals surface area contributed by atoms with Crippen LogP contribution in [0.15, 0.2) is 12.7 Å². The van der Waals surface area contributed by atoms with Gasteiger partial charge in [-0.3, -0.25) is 0 Å². The van der Waals surface area contributed by atoms with Crippen LogP contribution in [0.2, 0.25) is 0 Å². The van der Waals surface area contributed by atoms with Gasteiger partial charge in [0, 0.05) is 43.3 Å². The van der Waals surface area contributed by atoms with Gasteiger partial charge >= 0.3 is 5.97 Å². The van der Waals surface area contributed by atoms with Crippen LogP contribution < -0.4 is 0 Å². The van der Waals surface area contributed by atoms with E-state index in [1.807, 2.05) is 7.11 Å². The number of esters is 1. The van der Waals surface area contributed by atoms with E-state index in [2.05, 4.69) is 37.2 Å². The SMILES string of the molecule is C=CC(=O)OCCCOC1CCC(C#CC2CCC(C#CC3CCC(OC)CC3)CC2C)CC1.O.O.O. The second kappa shape index (κ2) is 19.2. The van der Waals surface area contributed by atoms with Gasteiger partial charge in [0.2, 0.25) is 0 Å². The molecule has 3 aliphatic rings. The summed E-state index contributed by atoms with van der Waals surface area (Å²) in [4.78, 5) is 11.0. The molecule has 0 amide bonds. The fourth-order valence-electron chi connectivity index (χ4n) is 5.56. The molecule has 3 aliphatic carbocycles. The average molecular weight is 523 g/mol. The minimum absolute atomic E-state index is 0. The largest absolute Gasteiger partial charge is 0.462 e. The van der Waals surface area contributed by atoms with Gasteiger partial charge in [-0.25, -0.2) is 4.79 Å². The number of carbonyl (C=O) groups excluding carboxylic acids is 1. The van der Waals surface area contributed by atoms with Gasteiger partial charge in [-0.15, -0.1) is 0 Å². The van der Waals surface area contributed by atoms with Gasteiger partial charge < -0.3 is 30.6 Å². The Hall–Kier alpha value is -1.87. The molecule has 3 fully saturated rings. The lowest BCUT2D eigenvalue weighted by Gasteiger charge is -2.30. The Balaban J connectivity index is 0.00000432. The highest BCUT2D eigenvalue weighted by Crippen LogP contribution is 2.34. The zero-order chi connectivity index (χ0) is 24.2. The summed E-state index contributed by atoms with van der Waals surface area (Å²) < 4.78 is 16.4. The Labute approximate surface area is 224 Å². The van der Waals surface area contributed by atoms with Gasteiger partial charge in [0.25, 0.3) is 0 Å². The molecular formula is C30H50O7. The van der Waals surface area contributed by atoms with Gasteiger partial charge in [-0.1, -0.05) is 37.2 Å². The number of rotatable bonds is 7. The molecule has 37 heavy (non-hydrogen) atoms. The van der Waals surface area contributed by atoms with Crippen LogP contribution in [0.1, 0.15) is 84.0 Å². The molecule has 0 aliphatic heterocycles. The number of hydrogen-bond donors (Lipinski definition) is 0. The quantitative estimate of drug-likeness (QED) is 0.218. The molecule has 0 saturated heterocycles. The van der Waals surface area contributed by atoms with Crippen molar-refractivity contribution in [1.82, 2.24) is 0 Å². The van der Waals surface area contributed by atoms with E-state index in [1.165, 1.54) is 38.2 Å². The van der Waals surface area contributed by atoms with E-state index < -0.39 is 0 Å². The first kappa shape index (κ1) is 35.1. The number of hydrogen-bond acceptors (Lipinski definition) is 4. The fraction of sp³-hybridized carbons (Fsp3) is 0.767. The minimum Gasteiger partial charge on any atom is -0.462 e. The maximum absolute atomic E-state index is 11.0. The topological polar surface area (TPSA) is 139 Å². The number of methoxy groups -OCH3 is 1. The molecular weight excluding hydrogens is 472 g/mol. The molecule has 7 nitrogen and oxygen atoms in total. The van der Waals surface area contributed by atoms with E-state index in [0.29, 0.717) is 55.0 Å². The molecule has 0 heterocycles. The predicted molar refractivity (Wildman–Crippen MR) is 147 cm³/mol. The summed E-state index contributed by atoms with van der Waals surface area (Å²) in [6, 6.07) is 0. The molecule has 0 aromatic heterocycles. The van der Waals surface area contributed by atoms with E-state index in [1.54, 1.807) is 0 Å². The van der Waals surface area contributed by atoms with Crippen molar-refractivity contribution < 1.29 is 35.4 Å². The third-order valence-electron chi connectivity index (χ3n) is 7.87. The lowest BCUT2D eigenvalue weighted by molar-refractivity contribution is -0.138. The minimum atomic E-state index is -0.365. The molecule has 3 rings (SSSR count). The second-order valence-corrected chi connectivity index (χ2v) is 10.5. The highest BCUT2D eigenvalue weighted by molar-refractivity contribution is 5.81. The first-order chi connectivity index (χ1) is 16.6. The molecule has 3 atom stereocenters. The summed E-state index contributed by atoms with van der Waals surface area (Å²) >= 11 is 0. The summed E-state index contributed by atoms with van der Waals surface area (Å²) in [5.74, 6) is 17.0. The molecule has 7 heteroatoms. The molecule has 0 bridgehead atoms. The predicted octanol–water partition coefficient (Wildman–Crippen LogP) is 3.47. The molecule has 0 aromatic carbocycles. The Bertz CT molecular complexity index is 758. The van der Waals surface area contributed by atoms with Crippen molar-refractivity contribution in [3.05, 3.63) is 12.7 Å². The normalized spacial score (nSPS) is 30.8. The first-order valence-electron chi connectivity index (χ1n) is 13.5. The summed E-state index contributed by atoms with van der Waals surface area (Å²) in [6.07, 6.45) is 15.4. The van der Waals surface area contributed by atoms with Crippen LogP contribution in [0.3, 0.4) is 0 Å². The summed E-state index contributed by atoms with van der Waals surface area (Å²) in [6.45, 7) is 6.80. The Morgan fingerprint density at radius 3 is 1.89 bits per heavy atom. The molecule has 6 N–H and O–H groups in total. The van der Waals surface area contributed by atoms with Crippen molar-refractivity contribution >= 4 is 5.97 Å². The first-order valence-corrected chi connectivity index (χ1v) is 13.5. The third-order valence-corrected chi connectivity index (χ3v) is 7.87. The Morgan fingerprint density at radius 2 is 1.32 bits per heavy atom. The van der Waals surface area contributed by atoms with Gasteiger partial charge in [0.1, 0.15) is 0 Å². The van der Waals surface area contributed by atoms with Gasteiger partial charge in [-0.05, 0) is 76.5 Å². The van der Waals surface area contributed by atoms with E-state index in [0.717, 1.165) is 44.9 Å². The maximum Gasteiger partial charge on any atom is 0.330 e. The van der Waals surface area contributed by atoms with Crippen molar-refractivity contribution in [2.45, 2.75) is 96.2 Å². The Morgan fingerprint density at radius 1 is 0.784 bits per heavy atom. The van der Waals surface area contributed by atoms with Gasteiger partial charge in [-0.2, -0.15) is 0 Å². The summed E-state index contributed by atoms with van der Waals surface area (Å²) in [5, 5.41) is 0. The maximum atomic E-state index is 11.0. The molecule has 212 valence electrons. The molecule has 0 radical (unpaired) electrons. The zero-order valence-electron chi connectivity index (χ0n) is 22.9. The van der Waals surface area contributed by atoms with Crippen molar-refractivity contribution in [2.75, 3.05) is 20.3 Å². The number of carbonyl (C=O) groups is 1. The fourth-order valence-corrected chi connectivity index (χ4v) is 5.56. The molecule has 0 aromatic rings. The van der Waals surface area contributed by atoms with Gasteiger partial charge in [0.05, 0.1) is 25.4 Å². The smallest absolute Gasteiger partial charge is 0.330 e. The van der Waals surface area contributed by atoms with Crippen LogP contribution in [0.5, 0.6) is 0 Å². The van der Waals surface area contributed by atoms with Crippen molar-refractivity contribution in [2.24, 2.45) is 29.6 Å². The average Bonchev–Trinajstić information content (AvgIpc) is 2.87. The third kappa shape index (κ3) is 12.5. The van der Waals surface area contributed by atoms with Crippen LogP contribution >= 0.6 is 0 Å². The molecule has 0 spiro atoms. The second-order valence-electron chi connectivity index (χ2n) is 10.5. The summed E-state index contributed by atoms with van der Waals surface area (Å²) in [5.41, 5.74) is 0. The van der Waals surface area contributed by atoms with Crippen LogP contribution in [0, 0.1) is 53.3 Å². The zero-order valence-corrected chi connectivity index (χ0v) is 22.9. The van der Waals surface area contributed by atoms with E-state index in [9.17, 15) is 4.79 Å². The van der Waals surface area contributed by atoms with Crippen LogP contribution in [0.25, 0.3) is 0 Å². The van der Waals surface area contributed by atoms with Crippen molar-refractivity contribution in [1.29, 1.82) is 0 Å². The van der Waals surface area contributed by atoms with E-state index >= 15 is 0 Å². The van der Waals surface area contributed by atoms with Crippen molar-refractivity contribution in [3.8, 4) is 23.7 Å². The highest BCUT2D eigenvalue weighted by atomic mass is 16.5. The highest BCUT2D eigenvalue weighted by Gasteiger charge is 2.27. The lowest BCUT2D eigenvalue weighted by Crippen LogP contribution is -2.23. The van der Waals surface area contributed by atoms with Crippen molar-refractivity contribution in [3.63, 3.8) is 0 Å². The van der Waals surface area contributed by atoms with E-state index in [4.69, 9.17) is 14.2 Å².